The van der Waals surface area contributed by atoms with Crippen LogP contribution in [0.15, 0.2) is 42.6 Å². The fraction of sp³-hybridized carbons (Fsp3) is 0.400. The predicted molar refractivity (Wildman–Crippen MR) is 130 cm³/mol. The van der Waals surface area contributed by atoms with Crippen molar-refractivity contribution < 1.29 is 14.4 Å². The number of amides is 3. The van der Waals surface area contributed by atoms with Gasteiger partial charge in [0.1, 0.15) is 12.1 Å². The number of hydrogen-bond donors (Lipinski definition) is 3. The summed E-state index contributed by atoms with van der Waals surface area (Å²) >= 11 is 0. The lowest BCUT2D eigenvalue weighted by Gasteiger charge is -2.29. The number of hydrogen-bond acceptors (Lipinski definition) is 7. The summed E-state index contributed by atoms with van der Waals surface area (Å²) in [5, 5.41) is 19.4. The number of carbonyl (C=O) groups is 3. The van der Waals surface area contributed by atoms with Gasteiger partial charge in [0, 0.05) is 12.6 Å². The second-order valence-corrected chi connectivity index (χ2v) is 9.48. The summed E-state index contributed by atoms with van der Waals surface area (Å²) in [6.45, 7) is 4.01. The minimum Gasteiger partial charge on any atom is -0.347 e. The van der Waals surface area contributed by atoms with Gasteiger partial charge in [-0.3, -0.25) is 24.3 Å². The SMILES string of the molecule is CC(C)[C@H](C(=O)N[C@H]1CCc2cccc3c2N(C1=O)[C@H](C(=O)NCc1nn[nH]n1)C3)c1ccccn1. The Kier molecular flexibility index (Phi) is 6.45. The summed E-state index contributed by atoms with van der Waals surface area (Å²) in [6.07, 6.45) is 3.12. The summed E-state index contributed by atoms with van der Waals surface area (Å²) in [6, 6.07) is 9.87. The van der Waals surface area contributed by atoms with E-state index in [9.17, 15) is 14.4 Å². The minimum absolute atomic E-state index is 0.0139. The maximum Gasteiger partial charge on any atom is 0.250 e. The van der Waals surface area contributed by atoms with E-state index >= 15 is 0 Å². The quantitative estimate of drug-likeness (QED) is 0.450. The Morgan fingerprint density at radius 3 is 2.72 bits per heavy atom. The number of carbonyl (C=O) groups excluding carboxylic acids is 3. The highest BCUT2D eigenvalue weighted by Gasteiger charge is 2.44. The zero-order valence-corrected chi connectivity index (χ0v) is 20.1. The van der Waals surface area contributed by atoms with E-state index in [0.717, 1.165) is 16.8 Å². The van der Waals surface area contributed by atoms with Crippen LogP contribution in [0.2, 0.25) is 0 Å². The van der Waals surface area contributed by atoms with Crippen molar-refractivity contribution in [1.29, 1.82) is 0 Å². The largest absolute Gasteiger partial charge is 0.347 e. The van der Waals surface area contributed by atoms with Crippen LogP contribution in [-0.2, 0) is 33.8 Å². The van der Waals surface area contributed by atoms with Crippen LogP contribution >= 0.6 is 0 Å². The van der Waals surface area contributed by atoms with Crippen LogP contribution in [0, 0.1) is 5.92 Å². The first-order valence-electron chi connectivity index (χ1n) is 12.1. The second kappa shape index (κ2) is 9.84. The molecule has 0 saturated heterocycles. The number of aromatic amines is 1. The molecule has 0 radical (unpaired) electrons. The summed E-state index contributed by atoms with van der Waals surface area (Å²) < 4.78 is 0. The molecule has 186 valence electrons. The average Bonchev–Trinajstić information content (AvgIpc) is 3.50. The molecule has 3 amide bonds. The number of aromatic nitrogens is 5. The Morgan fingerprint density at radius 1 is 1.17 bits per heavy atom. The molecule has 36 heavy (non-hydrogen) atoms. The Balaban J connectivity index is 1.39. The molecule has 11 nitrogen and oxygen atoms in total. The van der Waals surface area contributed by atoms with Crippen LogP contribution < -0.4 is 15.5 Å². The third-order valence-electron chi connectivity index (χ3n) is 6.79. The molecule has 3 aromatic rings. The minimum atomic E-state index is -0.756. The molecule has 0 spiro atoms. The molecule has 0 fully saturated rings. The van der Waals surface area contributed by atoms with Crippen LogP contribution in [0.5, 0.6) is 0 Å². The van der Waals surface area contributed by atoms with Crippen molar-refractivity contribution in [3.63, 3.8) is 0 Å². The number of anilines is 1. The first-order chi connectivity index (χ1) is 17.4. The van der Waals surface area contributed by atoms with Crippen LogP contribution in [0.25, 0.3) is 0 Å². The van der Waals surface area contributed by atoms with Crippen molar-refractivity contribution in [2.75, 3.05) is 4.90 Å². The van der Waals surface area contributed by atoms with Crippen LogP contribution in [0.1, 0.15) is 48.8 Å². The Bertz CT molecular complexity index is 1260. The summed E-state index contributed by atoms with van der Waals surface area (Å²) in [7, 11) is 0. The van der Waals surface area contributed by atoms with Crippen LogP contribution in [-0.4, -0.2) is 55.4 Å². The molecule has 4 heterocycles. The van der Waals surface area contributed by atoms with Gasteiger partial charge in [0.15, 0.2) is 5.82 Å². The van der Waals surface area contributed by atoms with Crippen molar-refractivity contribution >= 4 is 23.4 Å². The van der Waals surface area contributed by atoms with Crippen molar-refractivity contribution in [1.82, 2.24) is 36.2 Å². The summed E-state index contributed by atoms with van der Waals surface area (Å²) in [5.41, 5.74) is 3.39. The number of aryl methyl sites for hydroxylation is 1. The van der Waals surface area contributed by atoms with Gasteiger partial charge in [-0.15, -0.1) is 10.2 Å². The molecule has 2 aromatic heterocycles. The van der Waals surface area contributed by atoms with Gasteiger partial charge in [0.25, 0.3) is 0 Å². The number of nitrogens with zero attached hydrogens (tertiary/aromatic N) is 5. The van der Waals surface area contributed by atoms with Gasteiger partial charge >= 0.3 is 0 Å². The fourth-order valence-corrected chi connectivity index (χ4v) is 5.12. The van der Waals surface area contributed by atoms with Gasteiger partial charge in [-0.2, -0.15) is 5.21 Å². The number of rotatable bonds is 7. The molecule has 11 heteroatoms. The van der Waals surface area contributed by atoms with E-state index in [4.69, 9.17) is 0 Å². The van der Waals surface area contributed by atoms with Crippen LogP contribution in [0.3, 0.4) is 0 Å². The molecule has 5 rings (SSSR count). The van der Waals surface area contributed by atoms with Gasteiger partial charge in [0.2, 0.25) is 17.7 Å². The first-order valence-corrected chi connectivity index (χ1v) is 12.1. The molecule has 0 saturated carbocycles. The second-order valence-electron chi connectivity index (χ2n) is 9.48. The van der Waals surface area contributed by atoms with Crippen molar-refractivity contribution in [3.8, 4) is 0 Å². The van der Waals surface area contributed by atoms with Crippen molar-refractivity contribution in [2.45, 2.75) is 57.7 Å². The first kappa shape index (κ1) is 23.6. The Hall–Kier alpha value is -4.15. The lowest BCUT2D eigenvalue weighted by atomic mass is 9.90. The highest BCUT2D eigenvalue weighted by Crippen LogP contribution is 2.39. The molecule has 0 aliphatic carbocycles. The zero-order valence-electron chi connectivity index (χ0n) is 20.1. The van der Waals surface area contributed by atoms with E-state index in [1.807, 2.05) is 44.2 Å². The lowest BCUT2D eigenvalue weighted by molar-refractivity contribution is -0.130. The van der Waals surface area contributed by atoms with Crippen LogP contribution in [0.4, 0.5) is 5.69 Å². The molecule has 1 aromatic carbocycles. The summed E-state index contributed by atoms with van der Waals surface area (Å²) in [4.78, 5) is 46.4. The number of para-hydroxylation sites is 1. The van der Waals surface area contributed by atoms with E-state index in [0.29, 0.717) is 30.8 Å². The number of benzene rings is 1. The normalized spacial score (nSPS) is 19.5. The van der Waals surface area contributed by atoms with E-state index in [2.05, 4.69) is 36.2 Å². The van der Waals surface area contributed by atoms with Gasteiger partial charge in [0.05, 0.1) is 23.8 Å². The Labute approximate surface area is 208 Å². The zero-order chi connectivity index (χ0) is 25.2. The molecule has 2 aliphatic rings. The number of tetrazole rings is 1. The molecule has 3 N–H and O–H groups in total. The standard InChI is InChI=1S/C25H28N8O3/c1-14(2)21(17-8-3-4-11-26-17)24(35)28-18-10-9-15-6-5-7-16-12-19(33(22(15)16)25(18)36)23(34)27-13-20-29-31-32-30-20/h3-8,11,14,18-19,21H,9-10,12-13H2,1-2H3,(H,27,34)(H,28,35)(H,29,30,31,32)/t18-,19-,21-/m0/s1. The molecular weight excluding hydrogens is 460 g/mol. The van der Waals surface area contributed by atoms with E-state index < -0.39 is 18.0 Å². The highest BCUT2D eigenvalue weighted by atomic mass is 16.2. The maximum atomic E-state index is 13.9. The maximum absolute atomic E-state index is 13.9. The van der Waals surface area contributed by atoms with Crippen molar-refractivity contribution in [2.24, 2.45) is 5.92 Å². The third-order valence-corrected chi connectivity index (χ3v) is 6.79. The van der Waals surface area contributed by atoms with Gasteiger partial charge < -0.3 is 10.6 Å². The molecule has 3 atom stereocenters. The third kappa shape index (κ3) is 4.43. The summed E-state index contributed by atoms with van der Waals surface area (Å²) in [5.74, 6) is -0.995. The molecule has 0 bridgehead atoms. The fourth-order valence-electron chi connectivity index (χ4n) is 5.12. The van der Waals surface area contributed by atoms with Gasteiger partial charge in [-0.1, -0.05) is 43.3 Å². The molecule has 2 aliphatic heterocycles. The van der Waals surface area contributed by atoms with E-state index in [1.54, 1.807) is 17.2 Å². The predicted octanol–water partition coefficient (Wildman–Crippen LogP) is 1.04. The highest BCUT2D eigenvalue weighted by molar-refractivity contribution is 6.08. The Morgan fingerprint density at radius 2 is 2.00 bits per heavy atom. The number of nitrogens with one attached hydrogen (secondary N) is 3. The topological polar surface area (TPSA) is 146 Å². The van der Waals surface area contributed by atoms with Gasteiger partial charge in [-0.25, -0.2) is 0 Å². The smallest absolute Gasteiger partial charge is 0.250 e. The molecule has 0 unspecified atom stereocenters. The van der Waals surface area contributed by atoms with Gasteiger partial charge in [-0.05, 0) is 42.0 Å². The van der Waals surface area contributed by atoms with Crippen molar-refractivity contribution in [3.05, 3.63) is 65.2 Å². The lowest BCUT2D eigenvalue weighted by Crippen LogP contribution is -2.55. The van der Waals surface area contributed by atoms with E-state index in [-0.39, 0.29) is 30.2 Å². The molecular formula is C25H28N8O3. The average molecular weight is 489 g/mol. The monoisotopic (exact) mass is 488 g/mol. The number of H-pyrrole nitrogens is 1. The van der Waals surface area contributed by atoms with E-state index in [1.165, 1.54) is 0 Å². The number of pyridine rings is 1.